The topological polar surface area (TPSA) is 38.5 Å². The third kappa shape index (κ3) is 2.06. The van der Waals surface area contributed by atoms with Gasteiger partial charge in [-0.05, 0) is 35.7 Å². The van der Waals surface area contributed by atoms with Gasteiger partial charge in [-0.15, -0.1) is 0 Å². The lowest BCUT2D eigenvalue weighted by Gasteiger charge is -2.05. The van der Waals surface area contributed by atoms with Crippen LogP contribution in [0.1, 0.15) is 13.8 Å². The number of benzene rings is 1. The summed E-state index contributed by atoms with van der Waals surface area (Å²) < 4.78 is 14.0. The van der Waals surface area contributed by atoms with Gasteiger partial charge in [0, 0.05) is 27.9 Å². The molecule has 0 aliphatic carbocycles. The van der Waals surface area contributed by atoms with E-state index in [2.05, 4.69) is 0 Å². The second-order valence-electron chi connectivity index (χ2n) is 5.04. The minimum atomic E-state index is -1.09. The molecule has 3 aromatic rings. The predicted molar refractivity (Wildman–Crippen MR) is 82.7 cm³/mol. The van der Waals surface area contributed by atoms with E-state index in [0.29, 0.717) is 15.8 Å². The number of aromatic nitrogens is 1. The summed E-state index contributed by atoms with van der Waals surface area (Å²) in [4.78, 5) is 13.3. The second kappa shape index (κ2) is 4.87. The molecule has 0 radical (unpaired) electrons. The monoisotopic (exact) mass is 285 g/mol. The van der Waals surface area contributed by atoms with Crippen molar-refractivity contribution < 1.29 is 4.21 Å². The van der Waals surface area contributed by atoms with Gasteiger partial charge in [-0.2, -0.15) is 0 Å². The second-order valence-corrected chi connectivity index (χ2v) is 7.05. The van der Waals surface area contributed by atoms with Crippen LogP contribution in [0, 0.1) is 0 Å². The Balaban J connectivity index is 2.38. The van der Waals surface area contributed by atoms with Crippen LogP contribution in [0.2, 0.25) is 0 Å². The third-order valence-electron chi connectivity index (χ3n) is 3.36. The van der Waals surface area contributed by atoms with E-state index in [9.17, 15) is 9.00 Å². The summed E-state index contributed by atoms with van der Waals surface area (Å²) in [6, 6.07) is 11.0. The van der Waals surface area contributed by atoms with Crippen LogP contribution in [0.4, 0.5) is 0 Å². The maximum atomic E-state index is 12.6. The Morgan fingerprint density at radius 2 is 1.90 bits per heavy atom. The van der Waals surface area contributed by atoms with Gasteiger partial charge in [0.25, 0.3) is 0 Å². The van der Waals surface area contributed by atoms with E-state index in [1.807, 2.05) is 50.5 Å². The molecule has 20 heavy (non-hydrogen) atoms. The van der Waals surface area contributed by atoms with Crippen molar-refractivity contribution in [2.24, 2.45) is 0 Å². The molecule has 0 aliphatic heterocycles. The van der Waals surface area contributed by atoms with Crippen LogP contribution in [0.25, 0.3) is 16.3 Å². The van der Waals surface area contributed by atoms with Gasteiger partial charge < -0.3 is 4.40 Å². The minimum absolute atomic E-state index is 0.0300. The first-order valence-electron chi connectivity index (χ1n) is 6.52. The summed E-state index contributed by atoms with van der Waals surface area (Å²) in [6.07, 6.45) is 3.72. The van der Waals surface area contributed by atoms with E-state index in [1.54, 1.807) is 16.5 Å². The van der Waals surface area contributed by atoms with Gasteiger partial charge in [-0.3, -0.25) is 9.00 Å². The van der Waals surface area contributed by atoms with Crippen LogP contribution in [0.5, 0.6) is 0 Å². The fourth-order valence-electron chi connectivity index (χ4n) is 2.29. The van der Waals surface area contributed by atoms with Gasteiger partial charge >= 0.3 is 0 Å². The first-order valence-corrected chi connectivity index (χ1v) is 7.73. The van der Waals surface area contributed by atoms with Gasteiger partial charge in [-0.1, -0.05) is 19.9 Å². The quantitative estimate of drug-likeness (QED) is 0.726. The molecule has 2 heterocycles. The van der Waals surface area contributed by atoms with Crippen LogP contribution < -0.4 is 5.43 Å². The van der Waals surface area contributed by atoms with Gasteiger partial charge in [0.15, 0.2) is 0 Å². The summed E-state index contributed by atoms with van der Waals surface area (Å²) in [6.45, 7) is 3.82. The maximum Gasteiger partial charge on any atom is 0.210 e. The van der Waals surface area contributed by atoms with Gasteiger partial charge in [0.05, 0.1) is 16.3 Å². The molecule has 102 valence electrons. The molecule has 2 aromatic heterocycles. The van der Waals surface area contributed by atoms with Crippen LogP contribution in [0.3, 0.4) is 0 Å². The first kappa shape index (κ1) is 13.1. The SMILES string of the molecule is CC(C)S(=O)c1ccc2ccn3cccc3c(=O)c2c1. The summed E-state index contributed by atoms with van der Waals surface area (Å²) in [5.74, 6) is 0. The van der Waals surface area contributed by atoms with Crippen molar-refractivity contribution >= 4 is 27.1 Å². The number of fused-ring (bicyclic) bond motifs is 2. The van der Waals surface area contributed by atoms with E-state index in [-0.39, 0.29) is 10.7 Å². The molecule has 1 unspecified atom stereocenters. The Kier molecular flexibility index (Phi) is 3.18. The maximum absolute atomic E-state index is 12.6. The van der Waals surface area contributed by atoms with Gasteiger partial charge in [-0.25, -0.2) is 0 Å². The minimum Gasteiger partial charge on any atom is -0.320 e. The Morgan fingerprint density at radius 3 is 2.65 bits per heavy atom. The molecule has 3 nitrogen and oxygen atoms in total. The van der Waals surface area contributed by atoms with Gasteiger partial charge in [0.1, 0.15) is 0 Å². The summed E-state index contributed by atoms with van der Waals surface area (Å²) >= 11 is 0. The molecule has 0 fully saturated rings. The van der Waals surface area contributed by atoms with Crippen molar-refractivity contribution in [2.75, 3.05) is 0 Å². The molecule has 0 saturated heterocycles. The fraction of sp³-hybridized carbons (Fsp3) is 0.188. The lowest BCUT2D eigenvalue weighted by atomic mass is 10.2. The summed E-state index contributed by atoms with van der Waals surface area (Å²) in [5.41, 5.74) is 0.602. The Morgan fingerprint density at radius 1 is 1.10 bits per heavy atom. The molecule has 0 bridgehead atoms. The molecule has 4 heteroatoms. The molecule has 0 amide bonds. The molecule has 1 atom stereocenters. The van der Waals surface area contributed by atoms with Crippen molar-refractivity contribution in [3.05, 3.63) is 59.0 Å². The van der Waals surface area contributed by atoms with Crippen LogP contribution in [-0.2, 0) is 10.8 Å². The summed E-state index contributed by atoms with van der Waals surface area (Å²) in [5, 5.41) is 1.52. The number of hydrogen-bond donors (Lipinski definition) is 0. The fourth-order valence-corrected chi connectivity index (χ4v) is 3.27. The number of hydrogen-bond acceptors (Lipinski definition) is 2. The smallest absolute Gasteiger partial charge is 0.210 e. The van der Waals surface area contributed by atoms with Crippen LogP contribution >= 0.6 is 0 Å². The number of rotatable bonds is 2. The van der Waals surface area contributed by atoms with E-state index in [4.69, 9.17) is 0 Å². The van der Waals surface area contributed by atoms with Crippen molar-refractivity contribution in [3.8, 4) is 0 Å². The van der Waals surface area contributed by atoms with E-state index in [1.165, 1.54) is 0 Å². The van der Waals surface area contributed by atoms with E-state index in [0.717, 1.165) is 5.39 Å². The molecule has 1 aromatic carbocycles. The molecule has 3 rings (SSSR count). The molecule has 0 spiro atoms. The lowest BCUT2D eigenvalue weighted by molar-refractivity contribution is 0.677. The molecular weight excluding hydrogens is 270 g/mol. The van der Waals surface area contributed by atoms with Crippen molar-refractivity contribution in [1.82, 2.24) is 4.40 Å². The first-order chi connectivity index (χ1) is 9.58. The largest absolute Gasteiger partial charge is 0.320 e. The summed E-state index contributed by atoms with van der Waals surface area (Å²) in [7, 11) is -1.09. The standard InChI is InChI=1S/C16H15NO2S/c1-11(2)20(19)13-6-5-12-7-9-17-8-3-4-15(17)16(18)14(12)10-13/h3-11H,1-2H3. The molecule has 0 N–H and O–H groups in total. The third-order valence-corrected chi connectivity index (χ3v) is 4.93. The normalized spacial score (nSPS) is 13.2. The molecule has 0 aliphatic rings. The van der Waals surface area contributed by atoms with Gasteiger partial charge in [0.2, 0.25) is 5.43 Å². The zero-order chi connectivity index (χ0) is 14.3. The zero-order valence-corrected chi connectivity index (χ0v) is 12.2. The Labute approximate surface area is 119 Å². The lowest BCUT2D eigenvalue weighted by Crippen LogP contribution is -2.07. The molecule has 0 saturated carbocycles. The van der Waals surface area contributed by atoms with E-state index < -0.39 is 10.8 Å². The average Bonchev–Trinajstić information content (AvgIpc) is 2.87. The van der Waals surface area contributed by atoms with Crippen LogP contribution in [-0.4, -0.2) is 13.9 Å². The number of nitrogens with zero attached hydrogens (tertiary/aromatic N) is 1. The Bertz CT molecular complexity index is 880. The molecular formula is C16H15NO2S. The predicted octanol–water partition coefficient (Wildman–Crippen LogP) is 2.97. The van der Waals surface area contributed by atoms with Crippen molar-refractivity contribution in [2.45, 2.75) is 24.0 Å². The highest BCUT2D eigenvalue weighted by molar-refractivity contribution is 7.85. The average molecular weight is 285 g/mol. The van der Waals surface area contributed by atoms with E-state index >= 15 is 0 Å². The van der Waals surface area contributed by atoms with Crippen molar-refractivity contribution in [1.29, 1.82) is 0 Å². The highest BCUT2D eigenvalue weighted by Gasteiger charge is 2.10. The zero-order valence-electron chi connectivity index (χ0n) is 11.4. The highest BCUT2D eigenvalue weighted by Crippen LogP contribution is 2.18. The van der Waals surface area contributed by atoms with Crippen molar-refractivity contribution in [3.63, 3.8) is 0 Å². The van der Waals surface area contributed by atoms with Crippen LogP contribution in [0.15, 0.2) is 58.5 Å². The Hall–Kier alpha value is -1.94. The highest BCUT2D eigenvalue weighted by atomic mass is 32.2.